The van der Waals surface area contributed by atoms with Gasteiger partial charge in [-0.3, -0.25) is 4.79 Å². The highest BCUT2D eigenvalue weighted by Gasteiger charge is 2.23. The van der Waals surface area contributed by atoms with Crippen LogP contribution in [0.25, 0.3) is 0 Å². The lowest BCUT2D eigenvalue weighted by atomic mass is 9.87. The molecule has 2 rings (SSSR count). The lowest BCUT2D eigenvalue weighted by molar-refractivity contribution is 0.0668. The summed E-state index contributed by atoms with van der Waals surface area (Å²) in [6, 6.07) is 9.43. The van der Waals surface area contributed by atoms with Crippen molar-refractivity contribution in [3.63, 3.8) is 0 Å². The van der Waals surface area contributed by atoms with E-state index in [1.54, 1.807) is 0 Å². The van der Waals surface area contributed by atoms with Gasteiger partial charge >= 0.3 is 0 Å². The van der Waals surface area contributed by atoms with Crippen molar-refractivity contribution in [3.8, 4) is 0 Å². The summed E-state index contributed by atoms with van der Waals surface area (Å²) >= 11 is 6.14. The number of Topliss-reactive ketones (excluding diaryl/α,β-unsaturated/α-hetero) is 1. The number of carbonyl (C=O) groups is 1. The Hall–Kier alpha value is -1.12. The molecule has 1 heterocycles. The highest BCUT2D eigenvalue weighted by Crippen LogP contribution is 2.28. The molecule has 0 bridgehead atoms. The second-order valence-electron chi connectivity index (χ2n) is 5.10. The third kappa shape index (κ3) is 3.50. The molecule has 0 aliphatic carbocycles. The summed E-state index contributed by atoms with van der Waals surface area (Å²) in [6.07, 6.45) is 2.82. The van der Waals surface area contributed by atoms with Gasteiger partial charge in [0.05, 0.1) is 6.61 Å². The van der Waals surface area contributed by atoms with Gasteiger partial charge in [0.2, 0.25) is 0 Å². The van der Waals surface area contributed by atoms with Crippen LogP contribution in [-0.4, -0.2) is 24.9 Å². The molecule has 0 spiro atoms. The van der Waals surface area contributed by atoms with Gasteiger partial charge in [-0.05, 0) is 24.8 Å². The standard InChI is InChI=1S/C17H21ClO2/c1-2-15(17(19)13-7-4-3-5-8-13)16(11-18)14-9-6-10-20-12-14/h3-5,7-8,14H,2,6,9-12H2,1H3/b16-15+. The number of hydrogen-bond acceptors (Lipinski definition) is 2. The van der Waals surface area contributed by atoms with Crippen LogP contribution in [-0.2, 0) is 4.74 Å². The first-order valence-electron chi connectivity index (χ1n) is 7.23. The molecule has 20 heavy (non-hydrogen) atoms. The quantitative estimate of drug-likeness (QED) is 0.461. The Morgan fingerprint density at radius 1 is 1.35 bits per heavy atom. The minimum Gasteiger partial charge on any atom is -0.381 e. The van der Waals surface area contributed by atoms with Gasteiger partial charge in [-0.1, -0.05) is 37.3 Å². The third-order valence-electron chi connectivity index (χ3n) is 3.85. The zero-order valence-corrected chi connectivity index (χ0v) is 12.7. The molecular weight excluding hydrogens is 272 g/mol. The molecule has 1 aromatic rings. The van der Waals surface area contributed by atoms with Gasteiger partial charge in [-0.2, -0.15) is 0 Å². The van der Waals surface area contributed by atoms with E-state index in [1.807, 2.05) is 37.3 Å². The Morgan fingerprint density at radius 3 is 2.65 bits per heavy atom. The van der Waals surface area contributed by atoms with Crippen LogP contribution in [0.1, 0.15) is 36.5 Å². The molecular formula is C17H21ClO2. The normalized spacial score (nSPS) is 20.4. The van der Waals surface area contributed by atoms with Gasteiger partial charge in [-0.15, -0.1) is 11.6 Å². The summed E-state index contributed by atoms with van der Waals surface area (Å²) < 4.78 is 5.54. The van der Waals surface area contributed by atoms with Crippen molar-refractivity contribution in [1.82, 2.24) is 0 Å². The Labute approximate surface area is 125 Å². The smallest absolute Gasteiger partial charge is 0.189 e. The molecule has 2 nitrogen and oxygen atoms in total. The number of allylic oxidation sites excluding steroid dienone is 1. The number of alkyl halides is 1. The second-order valence-corrected chi connectivity index (χ2v) is 5.37. The van der Waals surface area contributed by atoms with Crippen LogP contribution in [0.3, 0.4) is 0 Å². The van der Waals surface area contributed by atoms with Crippen LogP contribution >= 0.6 is 11.6 Å². The molecule has 1 atom stereocenters. The first-order chi connectivity index (χ1) is 9.77. The first kappa shape index (κ1) is 15.3. The molecule has 0 radical (unpaired) electrons. The van der Waals surface area contributed by atoms with E-state index < -0.39 is 0 Å². The van der Waals surface area contributed by atoms with Crippen LogP contribution in [0, 0.1) is 5.92 Å². The molecule has 1 unspecified atom stereocenters. The summed E-state index contributed by atoms with van der Waals surface area (Å²) in [6.45, 7) is 3.53. The summed E-state index contributed by atoms with van der Waals surface area (Å²) in [7, 11) is 0. The van der Waals surface area contributed by atoms with Crippen LogP contribution < -0.4 is 0 Å². The van der Waals surface area contributed by atoms with Crippen molar-refractivity contribution < 1.29 is 9.53 Å². The van der Waals surface area contributed by atoms with E-state index in [4.69, 9.17) is 16.3 Å². The zero-order valence-electron chi connectivity index (χ0n) is 11.9. The molecule has 3 heteroatoms. The first-order valence-corrected chi connectivity index (χ1v) is 7.76. The molecule has 1 aliphatic heterocycles. The molecule has 1 aromatic carbocycles. The maximum absolute atomic E-state index is 12.7. The van der Waals surface area contributed by atoms with Gasteiger partial charge in [-0.25, -0.2) is 0 Å². The maximum Gasteiger partial charge on any atom is 0.189 e. The molecule has 0 saturated carbocycles. The van der Waals surface area contributed by atoms with E-state index in [-0.39, 0.29) is 5.78 Å². The number of halogens is 1. The largest absolute Gasteiger partial charge is 0.381 e. The number of rotatable bonds is 5. The van der Waals surface area contributed by atoms with E-state index in [0.717, 1.165) is 36.2 Å². The maximum atomic E-state index is 12.7. The van der Waals surface area contributed by atoms with E-state index in [9.17, 15) is 4.79 Å². The summed E-state index contributed by atoms with van der Waals surface area (Å²) in [5, 5.41) is 0. The average molecular weight is 293 g/mol. The predicted octanol–water partition coefficient (Wildman–Crippen LogP) is 4.24. The van der Waals surface area contributed by atoms with Crippen LogP contribution in [0.2, 0.25) is 0 Å². The third-order valence-corrected chi connectivity index (χ3v) is 4.14. The molecule has 0 amide bonds. The van der Waals surface area contributed by atoms with E-state index in [1.165, 1.54) is 0 Å². The van der Waals surface area contributed by atoms with E-state index in [0.29, 0.717) is 24.8 Å². The Balaban J connectivity index is 2.31. The van der Waals surface area contributed by atoms with Gasteiger partial charge in [0.1, 0.15) is 0 Å². The summed E-state index contributed by atoms with van der Waals surface area (Å²) in [5.41, 5.74) is 2.67. The van der Waals surface area contributed by atoms with Crippen molar-refractivity contribution in [2.24, 2.45) is 5.92 Å². The minimum absolute atomic E-state index is 0.106. The molecule has 0 aromatic heterocycles. The minimum atomic E-state index is 0.106. The molecule has 1 aliphatic rings. The highest BCUT2D eigenvalue weighted by atomic mass is 35.5. The van der Waals surface area contributed by atoms with Gasteiger partial charge in [0.25, 0.3) is 0 Å². The van der Waals surface area contributed by atoms with Crippen molar-refractivity contribution in [1.29, 1.82) is 0 Å². The number of hydrogen-bond donors (Lipinski definition) is 0. The van der Waals surface area contributed by atoms with Crippen LogP contribution in [0.4, 0.5) is 0 Å². The number of ether oxygens (including phenoxy) is 1. The Bertz CT molecular complexity index is 473. The topological polar surface area (TPSA) is 26.3 Å². The van der Waals surface area contributed by atoms with Gasteiger partial charge in [0.15, 0.2) is 5.78 Å². The van der Waals surface area contributed by atoms with Crippen molar-refractivity contribution in [2.45, 2.75) is 26.2 Å². The average Bonchev–Trinajstić information content (AvgIpc) is 2.53. The fraction of sp³-hybridized carbons (Fsp3) is 0.471. The van der Waals surface area contributed by atoms with Crippen LogP contribution in [0.5, 0.6) is 0 Å². The fourth-order valence-electron chi connectivity index (χ4n) is 2.75. The van der Waals surface area contributed by atoms with E-state index >= 15 is 0 Å². The summed E-state index contributed by atoms with van der Waals surface area (Å²) in [5.74, 6) is 0.814. The fourth-order valence-corrected chi connectivity index (χ4v) is 3.13. The molecule has 0 N–H and O–H groups in total. The van der Waals surface area contributed by atoms with E-state index in [2.05, 4.69) is 0 Å². The summed E-state index contributed by atoms with van der Waals surface area (Å²) in [4.78, 5) is 12.7. The zero-order chi connectivity index (χ0) is 14.4. The monoisotopic (exact) mass is 292 g/mol. The SMILES string of the molecule is CC/C(C(=O)c1ccccc1)=C(/CCl)C1CCCOC1. The molecule has 1 fully saturated rings. The number of ketones is 1. The number of benzene rings is 1. The van der Waals surface area contributed by atoms with Crippen LogP contribution in [0.15, 0.2) is 41.5 Å². The highest BCUT2D eigenvalue weighted by molar-refractivity contribution is 6.20. The Morgan fingerprint density at radius 2 is 2.10 bits per heavy atom. The van der Waals surface area contributed by atoms with Gasteiger partial charge < -0.3 is 4.74 Å². The second kappa shape index (κ2) is 7.61. The molecule has 108 valence electrons. The lowest BCUT2D eigenvalue weighted by Gasteiger charge is -2.26. The Kier molecular flexibility index (Phi) is 5.81. The number of carbonyl (C=O) groups excluding carboxylic acids is 1. The lowest BCUT2D eigenvalue weighted by Crippen LogP contribution is -2.22. The van der Waals surface area contributed by atoms with Crippen molar-refractivity contribution in [2.75, 3.05) is 19.1 Å². The van der Waals surface area contributed by atoms with Gasteiger partial charge in [0, 0.05) is 29.5 Å². The molecule has 1 saturated heterocycles. The van der Waals surface area contributed by atoms with Crippen molar-refractivity contribution in [3.05, 3.63) is 47.0 Å². The predicted molar refractivity (Wildman–Crippen MR) is 82.4 cm³/mol. The van der Waals surface area contributed by atoms with Crippen molar-refractivity contribution >= 4 is 17.4 Å².